The van der Waals surface area contributed by atoms with E-state index in [1.54, 1.807) is 12.1 Å². The predicted molar refractivity (Wildman–Crippen MR) is 122 cm³/mol. The number of rotatable bonds is 8. The summed E-state index contributed by atoms with van der Waals surface area (Å²) in [6, 6.07) is 10.7. The molecule has 0 saturated heterocycles. The van der Waals surface area contributed by atoms with Crippen molar-refractivity contribution in [3.05, 3.63) is 74.7 Å². The molecule has 4 aromatic rings. The van der Waals surface area contributed by atoms with Crippen LogP contribution in [0.25, 0.3) is 21.9 Å². The molecule has 180 valence electrons. The van der Waals surface area contributed by atoms with E-state index in [9.17, 15) is 27.9 Å². The van der Waals surface area contributed by atoms with Crippen LogP contribution in [0.15, 0.2) is 52.1 Å². The zero-order valence-electron chi connectivity index (χ0n) is 18.2. The van der Waals surface area contributed by atoms with Crippen molar-refractivity contribution in [1.82, 2.24) is 19.1 Å². The van der Waals surface area contributed by atoms with Gasteiger partial charge in [0.15, 0.2) is 0 Å². The smallest absolute Gasteiger partial charge is 0.396 e. The molecule has 1 unspecified atom stereocenters. The largest absolute Gasteiger partial charge is 0.406 e. The van der Waals surface area contributed by atoms with Gasteiger partial charge in [0.2, 0.25) is 0 Å². The summed E-state index contributed by atoms with van der Waals surface area (Å²) in [5.74, 6) is 0.367. The molecule has 0 radical (unpaired) electrons. The van der Waals surface area contributed by atoms with Gasteiger partial charge < -0.3 is 15.8 Å². The number of aromatic amines is 1. The first kappa shape index (κ1) is 23.7. The number of benzene rings is 2. The number of alkyl halides is 3. The van der Waals surface area contributed by atoms with Crippen LogP contribution >= 0.6 is 0 Å². The van der Waals surface area contributed by atoms with Gasteiger partial charge in [-0.2, -0.15) is 13.2 Å². The van der Waals surface area contributed by atoms with Crippen molar-refractivity contribution in [3.63, 3.8) is 0 Å². The van der Waals surface area contributed by atoms with E-state index in [-0.39, 0.29) is 22.1 Å². The summed E-state index contributed by atoms with van der Waals surface area (Å²) in [4.78, 5) is 33.9. The van der Waals surface area contributed by atoms with Gasteiger partial charge in [0.05, 0.1) is 28.0 Å². The highest BCUT2D eigenvalue weighted by Crippen LogP contribution is 2.27. The Kier molecular flexibility index (Phi) is 6.58. The number of hydrogen-bond acceptors (Lipinski definition) is 5. The molecule has 0 aliphatic rings. The number of para-hydroxylation sites is 1. The fraction of sp³-hybridized carbons (Fsp3) is 0.348. The molecule has 1 atom stereocenters. The number of nitrogens with zero attached hydrogens (tertiary/aromatic N) is 3. The maximum Gasteiger partial charge on any atom is 0.406 e. The third kappa shape index (κ3) is 4.62. The lowest BCUT2D eigenvalue weighted by molar-refractivity contribution is -0.142. The van der Waals surface area contributed by atoms with Crippen LogP contribution in [0, 0.1) is 0 Å². The maximum absolute atomic E-state index is 13.4. The standard InChI is InChI=1S/C23H24F3N5O3/c24-23(25,26)13-30-21(33)15-5-1-2-6-18(15)31(22(30)34)19(7-3-4-10-32)20-28-16-9-8-14(12-27)11-17(16)29-20/h1-2,5-6,8-9,11,19,32H,3-4,7,10,12-13,27H2,(H,28,29). The van der Waals surface area contributed by atoms with E-state index in [4.69, 9.17) is 5.73 Å². The van der Waals surface area contributed by atoms with Crippen LogP contribution < -0.4 is 17.0 Å². The first-order chi connectivity index (χ1) is 16.2. The summed E-state index contributed by atoms with van der Waals surface area (Å²) < 4.78 is 41.2. The second kappa shape index (κ2) is 9.43. The molecule has 0 bridgehead atoms. The van der Waals surface area contributed by atoms with Gasteiger partial charge in [0, 0.05) is 13.2 Å². The molecule has 0 saturated carbocycles. The van der Waals surface area contributed by atoms with E-state index in [1.807, 2.05) is 12.1 Å². The molecule has 34 heavy (non-hydrogen) atoms. The molecule has 0 spiro atoms. The van der Waals surface area contributed by atoms with Gasteiger partial charge >= 0.3 is 11.9 Å². The van der Waals surface area contributed by atoms with Crippen molar-refractivity contribution < 1.29 is 18.3 Å². The summed E-state index contributed by atoms with van der Waals surface area (Å²) in [7, 11) is 0. The Morgan fingerprint density at radius 2 is 1.88 bits per heavy atom. The first-order valence-corrected chi connectivity index (χ1v) is 10.8. The minimum Gasteiger partial charge on any atom is -0.396 e. The van der Waals surface area contributed by atoms with Gasteiger partial charge in [-0.1, -0.05) is 18.2 Å². The van der Waals surface area contributed by atoms with Crippen LogP contribution in [-0.4, -0.2) is 37.0 Å². The average molecular weight is 475 g/mol. The highest BCUT2D eigenvalue weighted by molar-refractivity contribution is 5.79. The third-order valence-electron chi connectivity index (χ3n) is 5.73. The summed E-state index contributed by atoms with van der Waals surface area (Å²) in [5, 5.41) is 9.25. The third-order valence-corrected chi connectivity index (χ3v) is 5.73. The van der Waals surface area contributed by atoms with Gasteiger partial charge in [0.25, 0.3) is 5.56 Å². The molecule has 2 aromatic heterocycles. The van der Waals surface area contributed by atoms with Gasteiger partial charge in [-0.25, -0.2) is 9.78 Å². The molecule has 4 N–H and O–H groups in total. The van der Waals surface area contributed by atoms with Crippen molar-refractivity contribution in [1.29, 1.82) is 0 Å². The zero-order chi connectivity index (χ0) is 24.5. The van der Waals surface area contributed by atoms with E-state index in [1.165, 1.54) is 22.8 Å². The number of aliphatic hydroxyl groups excluding tert-OH is 1. The van der Waals surface area contributed by atoms with E-state index >= 15 is 0 Å². The molecule has 8 nitrogen and oxygen atoms in total. The Bertz CT molecular complexity index is 1440. The summed E-state index contributed by atoms with van der Waals surface area (Å²) in [6.45, 7) is -1.45. The minimum absolute atomic E-state index is 0.0000345. The Balaban J connectivity index is 1.98. The highest BCUT2D eigenvalue weighted by Gasteiger charge is 2.32. The number of fused-ring (bicyclic) bond motifs is 2. The molecule has 11 heteroatoms. The van der Waals surface area contributed by atoms with Crippen molar-refractivity contribution in [2.45, 2.75) is 44.6 Å². The topological polar surface area (TPSA) is 119 Å². The second-order valence-electron chi connectivity index (χ2n) is 8.09. The molecule has 4 rings (SSSR count). The lowest BCUT2D eigenvalue weighted by Crippen LogP contribution is -2.44. The van der Waals surface area contributed by atoms with Crippen LogP contribution in [0.1, 0.15) is 36.7 Å². The average Bonchev–Trinajstić information content (AvgIpc) is 3.23. The van der Waals surface area contributed by atoms with E-state index in [2.05, 4.69) is 9.97 Å². The fourth-order valence-electron chi connectivity index (χ4n) is 4.15. The summed E-state index contributed by atoms with van der Waals surface area (Å²) in [5.41, 5.74) is 6.01. The predicted octanol–water partition coefficient (Wildman–Crippen LogP) is 2.81. The molecular formula is C23H24F3N5O3. The monoisotopic (exact) mass is 475 g/mol. The van der Waals surface area contributed by atoms with Gasteiger partial charge in [-0.15, -0.1) is 0 Å². The Morgan fingerprint density at radius 3 is 2.59 bits per heavy atom. The van der Waals surface area contributed by atoms with Crippen molar-refractivity contribution in [3.8, 4) is 0 Å². The van der Waals surface area contributed by atoms with E-state index < -0.39 is 30.0 Å². The van der Waals surface area contributed by atoms with Gasteiger partial charge in [0.1, 0.15) is 12.4 Å². The Labute approximate surface area is 191 Å². The second-order valence-corrected chi connectivity index (χ2v) is 8.09. The molecule has 0 amide bonds. The minimum atomic E-state index is -4.76. The van der Waals surface area contributed by atoms with Crippen molar-refractivity contribution >= 4 is 21.9 Å². The number of nitrogens with one attached hydrogen (secondary N) is 1. The van der Waals surface area contributed by atoms with Crippen LogP contribution in [0.3, 0.4) is 0 Å². The molecule has 0 fully saturated rings. The lowest BCUT2D eigenvalue weighted by Gasteiger charge is -2.22. The lowest BCUT2D eigenvalue weighted by atomic mass is 10.1. The van der Waals surface area contributed by atoms with Crippen molar-refractivity contribution in [2.75, 3.05) is 6.61 Å². The normalized spacial score (nSPS) is 13.1. The molecule has 2 aromatic carbocycles. The van der Waals surface area contributed by atoms with Crippen LogP contribution in [0.2, 0.25) is 0 Å². The zero-order valence-corrected chi connectivity index (χ0v) is 18.2. The van der Waals surface area contributed by atoms with Crippen LogP contribution in [0.4, 0.5) is 13.2 Å². The number of aromatic nitrogens is 4. The number of imidazole rings is 1. The highest BCUT2D eigenvalue weighted by atomic mass is 19.4. The first-order valence-electron chi connectivity index (χ1n) is 10.8. The molecule has 0 aliphatic carbocycles. The quantitative estimate of drug-likeness (QED) is 0.339. The number of unbranched alkanes of at least 4 members (excludes halogenated alkanes) is 1. The van der Waals surface area contributed by atoms with Gasteiger partial charge in [-0.3, -0.25) is 13.9 Å². The molecular weight excluding hydrogens is 451 g/mol. The van der Waals surface area contributed by atoms with Gasteiger partial charge in [-0.05, 0) is 49.1 Å². The number of nitrogens with two attached hydrogens (primary N) is 1. The Hall–Kier alpha value is -3.44. The maximum atomic E-state index is 13.4. The summed E-state index contributed by atoms with van der Waals surface area (Å²) >= 11 is 0. The number of aliphatic hydroxyl groups is 1. The van der Waals surface area contributed by atoms with Crippen molar-refractivity contribution in [2.24, 2.45) is 5.73 Å². The van der Waals surface area contributed by atoms with Crippen LogP contribution in [0.5, 0.6) is 0 Å². The van der Waals surface area contributed by atoms with E-state index in [0.717, 1.165) is 5.56 Å². The SMILES string of the molecule is NCc1ccc2nc(C(CCCCO)n3c(=O)n(CC(F)(F)F)c(=O)c4ccccc43)[nH]c2c1. The number of hydrogen-bond donors (Lipinski definition) is 3. The summed E-state index contributed by atoms with van der Waals surface area (Å²) in [6.07, 6.45) is -3.54. The number of H-pyrrole nitrogens is 1. The van der Waals surface area contributed by atoms with Crippen LogP contribution in [-0.2, 0) is 13.1 Å². The van der Waals surface area contributed by atoms with E-state index in [0.29, 0.717) is 42.7 Å². The number of halogens is 3. The fourth-order valence-corrected chi connectivity index (χ4v) is 4.15. The Morgan fingerprint density at radius 1 is 1.12 bits per heavy atom. The molecule has 2 heterocycles. The molecule has 0 aliphatic heterocycles.